The highest BCUT2D eigenvalue weighted by Crippen LogP contribution is 2.62. The zero-order valence-electron chi connectivity index (χ0n) is 21.9. The fourth-order valence-electron chi connectivity index (χ4n) is 6.84. The van der Waals surface area contributed by atoms with Crippen molar-refractivity contribution in [1.29, 1.82) is 0 Å². The molecule has 4 aromatic carbocycles. The highest BCUT2D eigenvalue weighted by atomic mass is 32.1. The number of rotatable bonds is 3. The summed E-state index contributed by atoms with van der Waals surface area (Å²) in [7, 11) is 0. The fraction of sp³-hybridized carbons (Fsp3) is 0.0278. The van der Waals surface area contributed by atoms with Crippen molar-refractivity contribution in [2.24, 2.45) is 0 Å². The number of nitrogens with one attached hydrogen (secondary N) is 1. The summed E-state index contributed by atoms with van der Waals surface area (Å²) in [5, 5.41) is 2.05. The Morgan fingerprint density at radius 1 is 0.512 bits per heavy atom. The van der Waals surface area contributed by atoms with Gasteiger partial charge in [-0.15, -0.1) is 11.3 Å². The summed E-state index contributed by atoms with van der Waals surface area (Å²) in [6, 6.07) is 41.4. The zero-order chi connectivity index (χ0) is 27.0. The van der Waals surface area contributed by atoms with Gasteiger partial charge in [-0.2, -0.15) is 0 Å². The normalized spacial score (nSPS) is 13.6. The van der Waals surface area contributed by atoms with Crippen LogP contribution in [0.15, 0.2) is 127 Å². The maximum absolute atomic E-state index is 5.01. The van der Waals surface area contributed by atoms with E-state index in [0.717, 1.165) is 16.1 Å². The Kier molecular flexibility index (Phi) is 4.66. The molecule has 0 aliphatic heterocycles. The molecule has 2 aliphatic rings. The van der Waals surface area contributed by atoms with Crippen molar-refractivity contribution in [1.82, 2.24) is 19.9 Å². The first kappa shape index (κ1) is 22.7. The molecule has 41 heavy (non-hydrogen) atoms. The van der Waals surface area contributed by atoms with Gasteiger partial charge >= 0.3 is 0 Å². The molecule has 0 atom stereocenters. The first-order valence-electron chi connectivity index (χ1n) is 13.7. The fourth-order valence-corrected chi connectivity index (χ4v) is 7.50. The van der Waals surface area contributed by atoms with Gasteiger partial charge in [-0.05, 0) is 74.2 Å². The number of aromatic amines is 1. The van der Waals surface area contributed by atoms with E-state index >= 15 is 0 Å². The van der Waals surface area contributed by atoms with Crippen LogP contribution in [-0.4, -0.2) is 19.9 Å². The first-order valence-corrected chi connectivity index (χ1v) is 14.6. The Hall–Kier alpha value is -5.13. The van der Waals surface area contributed by atoms with Gasteiger partial charge in [0.1, 0.15) is 0 Å². The summed E-state index contributed by atoms with van der Waals surface area (Å²) in [6.07, 6.45) is 1.90. The van der Waals surface area contributed by atoms with Crippen molar-refractivity contribution in [2.75, 3.05) is 0 Å². The molecule has 0 radical (unpaired) electrons. The van der Waals surface area contributed by atoms with E-state index in [2.05, 4.69) is 107 Å². The molecular formula is C36H22N4S. The van der Waals surface area contributed by atoms with E-state index in [9.17, 15) is 0 Å². The number of aromatic nitrogens is 4. The van der Waals surface area contributed by atoms with Crippen LogP contribution in [-0.2, 0) is 5.41 Å². The van der Waals surface area contributed by atoms with Crippen molar-refractivity contribution >= 4 is 11.3 Å². The van der Waals surface area contributed by atoms with E-state index < -0.39 is 5.41 Å². The standard InChI is InChI=1S/C36H22N4S/c1-4-12-27-23(9-1)24-10-2-5-13-28(24)36(27)29-14-6-3-11-25(29)26-18-17-22(21-30(26)36)33-38-34(31-15-7-19-37-31)40-35(39-33)32-16-8-20-41-32/h1-21,37H. The SMILES string of the molecule is c1c[nH]c(-c2nc(-c3ccc4c(c3)C3(c5ccccc5-c5ccccc53)c3ccccc3-4)nc(-c3cccs3)n2)c1. The van der Waals surface area contributed by atoms with E-state index in [1.54, 1.807) is 11.3 Å². The molecule has 5 heteroatoms. The lowest BCUT2D eigenvalue weighted by Crippen LogP contribution is -2.25. The lowest BCUT2D eigenvalue weighted by atomic mass is 9.70. The minimum atomic E-state index is -0.402. The average molecular weight is 543 g/mol. The third-order valence-electron chi connectivity index (χ3n) is 8.47. The summed E-state index contributed by atoms with van der Waals surface area (Å²) in [6.45, 7) is 0. The Morgan fingerprint density at radius 2 is 1.12 bits per heavy atom. The Balaban J connectivity index is 1.33. The number of H-pyrrole nitrogens is 1. The number of fused-ring (bicyclic) bond motifs is 10. The van der Waals surface area contributed by atoms with Gasteiger partial charge in [0.2, 0.25) is 0 Å². The van der Waals surface area contributed by atoms with Crippen molar-refractivity contribution in [3.63, 3.8) is 0 Å². The second kappa shape index (κ2) is 8.43. The van der Waals surface area contributed by atoms with Crippen LogP contribution < -0.4 is 0 Å². The minimum absolute atomic E-state index is 0.402. The molecule has 3 aromatic heterocycles. The van der Waals surface area contributed by atoms with Crippen molar-refractivity contribution < 1.29 is 0 Å². The largest absolute Gasteiger partial charge is 0.359 e. The minimum Gasteiger partial charge on any atom is -0.359 e. The van der Waals surface area contributed by atoms with Gasteiger partial charge in [-0.25, -0.2) is 15.0 Å². The number of thiophene rings is 1. The topological polar surface area (TPSA) is 54.5 Å². The molecular weight excluding hydrogens is 520 g/mol. The van der Waals surface area contributed by atoms with Crippen LogP contribution in [0.3, 0.4) is 0 Å². The zero-order valence-corrected chi connectivity index (χ0v) is 22.7. The first-order chi connectivity index (χ1) is 20.3. The van der Waals surface area contributed by atoms with E-state index in [1.807, 2.05) is 24.4 Å². The molecule has 192 valence electrons. The van der Waals surface area contributed by atoms with Crippen LogP contribution in [0.2, 0.25) is 0 Å². The van der Waals surface area contributed by atoms with Gasteiger partial charge in [-0.3, -0.25) is 0 Å². The predicted molar refractivity (Wildman–Crippen MR) is 165 cm³/mol. The molecule has 0 fully saturated rings. The molecule has 0 saturated heterocycles. The summed E-state index contributed by atoms with van der Waals surface area (Å²) in [4.78, 5) is 19.1. The molecule has 3 heterocycles. The summed E-state index contributed by atoms with van der Waals surface area (Å²) in [5.41, 5.74) is 11.8. The van der Waals surface area contributed by atoms with Crippen LogP contribution in [0.4, 0.5) is 0 Å². The van der Waals surface area contributed by atoms with Crippen LogP contribution in [0.1, 0.15) is 22.3 Å². The maximum atomic E-state index is 5.01. The van der Waals surface area contributed by atoms with Crippen LogP contribution in [0.25, 0.3) is 55.9 Å². The van der Waals surface area contributed by atoms with Gasteiger partial charge in [0.05, 0.1) is 16.0 Å². The van der Waals surface area contributed by atoms with Crippen LogP contribution in [0.5, 0.6) is 0 Å². The summed E-state index contributed by atoms with van der Waals surface area (Å²) in [5.74, 6) is 1.99. The van der Waals surface area contributed by atoms with Gasteiger partial charge in [-0.1, -0.05) is 91.0 Å². The molecule has 0 saturated carbocycles. The molecule has 0 unspecified atom stereocenters. The second-order valence-electron chi connectivity index (χ2n) is 10.5. The number of benzene rings is 4. The molecule has 7 aromatic rings. The van der Waals surface area contributed by atoms with Gasteiger partial charge in [0, 0.05) is 11.8 Å². The summed E-state index contributed by atoms with van der Waals surface area (Å²) >= 11 is 1.63. The van der Waals surface area contributed by atoms with E-state index in [0.29, 0.717) is 17.5 Å². The molecule has 1 spiro atoms. The van der Waals surface area contributed by atoms with E-state index in [-0.39, 0.29) is 0 Å². The third-order valence-corrected chi connectivity index (χ3v) is 9.34. The summed E-state index contributed by atoms with van der Waals surface area (Å²) < 4.78 is 0. The van der Waals surface area contributed by atoms with Gasteiger partial charge in [0.25, 0.3) is 0 Å². The Labute approximate surface area is 241 Å². The average Bonchev–Trinajstić information content (AvgIpc) is 3.85. The molecule has 0 amide bonds. The monoisotopic (exact) mass is 542 g/mol. The van der Waals surface area contributed by atoms with Crippen LogP contribution >= 0.6 is 11.3 Å². The second-order valence-corrected chi connectivity index (χ2v) is 11.5. The number of hydrogen-bond donors (Lipinski definition) is 1. The highest BCUT2D eigenvalue weighted by Gasteiger charge is 2.51. The molecule has 2 aliphatic carbocycles. The van der Waals surface area contributed by atoms with Gasteiger partial charge < -0.3 is 4.98 Å². The van der Waals surface area contributed by atoms with E-state index in [4.69, 9.17) is 15.0 Å². The lowest BCUT2D eigenvalue weighted by molar-refractivity contribution is 0.794. The lowest BCUT2D eigenvalue weighted by Gasteiger charge is -2.30. The Morgan fingerprint density at radius 3 is 1.73 bits per heavy atom. The number of nitrogens with zero attached hydrogens (tertiary/aromatic N) is 3. The highest BCUT2D eigenvalue weighted by molar-refractivity contribution is 7.13. The van der Waals surface area contributed by atoms with Crippen molar-refractivity contribution in [3.05, 3.63) is 149 Å². The molecule has 0 bridgehead atoms. The third kappa shape index (κ3) is 3.06. The maximum Gasteiger partial charge on any atom is 0.180 e. The van der Waals surface area contributed by atoms with Crippen molar-refractivity contribution in [3.8, 4) is 55.9 Å². The van der Waals surface area contributed by atoms with Crippen LogP contribution in [0, 0.1) is 0 Å². The molecule has 4 nitrogen and oxygen atoms in total. The number of hydrogen-bond acceptors (Lipinski definition) is 4. The Bertz CT molecular complexity index is 1990. The smallest absolute Gasteiger partial charge is 0.180 e. The predicted octanol–water partition coefficient (Wildman–Crippen LogP) is 8.61. The molecule has 9 rings (SSSR count). The quantitative estimate of drug-likeness (QED) is 0.243. The van der Waals surface area contributed by atoms with Crippen molar-refractivity contribution in [2.45, 2.75) is 5.41 Å². The van der Waals surface area contributed by atoms with E-state index in [1.165, 1.54) is 44.5 Å². The van der Waals surface area contributed by atoms with Gasteiger partial charge in [0.15, 0.2) is 17.5 Å². The molecule has 1 N–H and O–H groups in total.